The van der Waals surface area contributed by atoms with Gasteiger partial charge in [-0.3, -0.25) is 14.6 Å². The van der Waals surface area contributed by atoms with Crippen molar-refractivity contribution >= 4 is 40.2 Å². The van der Waals surface area contributed by atoms with E-state index in [1.165, 1.54) is 6.92 Å². The summed E-state index contributed by atoms with van der Waals surface area (Å²) in [6, 6.07) is 17.1. The molecule has 4 aromatic rings. The van der Waals surface area contributed by atoms with Crippen LogP contribution in [0.4, 0.5) is 5.82 Å². The number of hydrogen-bond donors (Lipinski definition) is 1. The first kappa shape index (κ1) is 22.9. The van der Waals surface area contributed by atoms with Gasteiger partial charge in [-0.25, -0.2) is 0 Å². The van der Waals surface area contributed by atoms with Gasteiger partial charge >= 0.3 is 5.97 Å². The van der Waals surface area contributed by atoms with Gasteiger partial charge in [-0.15, -0.1) is 0 Å². The average molecular weight is 489 g/mol. The minimum absolute atomic E-state index is 0.00532. The monoisotopic (exact) mass is 488 g/mol. The topological polar surface area (TPSA) is 78.5 Å². The number of benzene rings is 2. The zero-order valence-corrected chi connectivity index (χ0v) is 20.3. The Kier molecular flexibility index (Phi) is 6.17. The van der Waals surface area contributed by atoms with Crippen LogP contribution in [0, 0.1) is 6.92 Å². The number of nitrogens with zero attached hydrogens (tertiary/aromatic N) is 3. The summed E-state index contributed by atoms with van der Waals surface area (Å²) in [5.74, 6) is 0.801. The van der Waals surface area contributed by atoms with Crippen LogP contribution in [0.1, 0.15) is 23.0 Å². The number of pyridine rings is 1. The summed E-state index contributed by atoms with van der Waals surface area (Å²) in [5.41, 5.74) is 4.58. The van der Waals surface area contributed by atoms with Crippen LogP contribution in [0.15, 0.2) is 60.8 Å². The number of carbonyl (C=O) groups is 2. The second kappa shape index (κ2) is 9.43. The second-order valence-corrected chi connectivity index (χ2v) is 9.07. The lowest BCUT2D eigenvalue weighted by atomic mass is 10.0. The second-order valence-electron chi connectivity index (χ2n) is 8.63. The molecule has 0 unspecified atom stereocenters. The van der Waals surface area contributed by atoms with E-state index in [4.69, 9.17) is 16.3 Å². The molecule has 1 saturated heterocycles. The Morgan fingerprint density at radius 3 is 2.40 bits per heavy atom. The van der Waals surface area contributed by atoms with Gasteiger partial charge in [0.2, 0.25) is 0 Å². The number of aromatic amines is 1. The summed E-state index contributed by atoms with van der Waals surface area (Å²) in [6.07, 6.45) is 1.79. The SMILES string of the molecule is CC(=O)Oc1c(N2CCN(C(=O)c3ccc(-c4ccnc(C)c4)cc3)CC2)[nH]c2ccc(Cl)cc12. The van der Waals surface area contributed by atoms with Crippen LogP contribution in [0.5, 0.6) is 5.75 Å². The van der Waals surface area contributed by atoms with Crippen LogP contribution in [0.25, 0.3) is 22.0 Å². The zero-order chi connectivity index (χ0) is 24.5. The minimum Gasteiger partial charge on any atom is -0.422 e. The molecule has 1 N–H and O–H groups in total. The molecule has 7 nitrogen and oxygen atoms in total. The van der Waals surface area contributed by atoms with E-state index in [9.17, 15) is 9.59 Å². The van der Waals surface area contributed by atoms with Gasteiger partial charge in [-0.05, 0) is 60.5 Å². The molecule has 3 heterocycles. The molecule has 8 heteroatoms. The van der Waals surface area contributed by atoms with Crippen LogP contribution < -0.4 is 9.64 Å². The summed E-state index contributed by atoms with van der Waals surface area (Å²) in [7, 11) is 0. The summed E-state index contributed by atoms with van der Waals surface area (Å²) in [4.78, 5) is 36.4. The highest BCUT2D eigenvalue weighted by Gasteiger charge is 2.26. The molecule has 1 aliphatic heterocycles. The third kappa shape index (κ3) is 4.72. The maximum Gasteiger partial charge on any atom is 0.308 e. The number of hydrogen-bond acceptors (Lipinski definition) is 5. The predicted octanol–water partition coefficient (Wildman–Crippen LogP) is 5.08. The van der Waals surface area contributed by atoms with Gasteiger partial charge in [0.05, 0.1) is 5.52 Å². The van der Waals surface area contributed by atoms with Crippen LogP contribution in [0.2, 0.25) is 5.02 Å². The van der Waals surface area contributed by atoms with E-state index in [0.29, 0.717) is 42.5 Å². The van der Waals surface area contributed by atoms with E-state index in [0.717, 1.165) is 33.5 Å². The van der Waals surface area contributed by atoms with Gasteiger partial charge in [0.25, 0.3) is 5.91 Å². The molecule has 2 aromatic heterocycles. The number of fused-ring (bicyclic) bond motifs is 1. The minimum atomic E-state index is -0.397. The predicted molar refractivity (Wildman–Crippen MR) is 137 cm³/mol. The first-order chi connectivity index (χ1) is 16.9. The lowest BCUT2D eigenvalue weighted by molar-refractivity contribution is -0.131. The van der Waals surface area contributed by atoms with E-state index in [1.807, 2.05) is 54.3 Å². The normalized spacial score (nSPS) is 13.8. The number of nitrogens with one attached hydrogen (secondary N) is 1. The van der Waals surface area contributed by atoms with Crippen molar-refractivity contribution in [1.29, 1.82) is 0 Å². The van der Waals surface area contributed by atoms with Crippen LogP contribution in [-0.2, 0) is 4.79 Å². The Hall–Kier alpha value is -3.84. The first-order valence-corrected chi connectivity index (χ1v) is 11.8. The van der Waals surface area contributed by atoms with E-state index < -0.39 is 5.97 Å². The van der Waals surface area contributed by atoms with E-state index in [1.54, 1.807) is 18.3 Å². The Labute approximate surface area is 208 Å². The molecular weight excluding hydrogens is 464 g/mol. The molecule has 0 atom stereocenters. The Bertz CT molecular complexity index is 1410. The van der Waals surface area contributed by atoms with Crippen molar-refractivity contribution in [3.63, 3.8) is 0 Å². The number of H-pyrrole nitrogens is 1. The molecule has 1 amide bonds. The fourth-order valence-electron chi connectivity index (χ4n) is 4.44. The number of ether oxygens (including phenoxy) is 1. The molecule has 35 heavy (non-hydrogen) atoms. The summed E-state index contributed by atoms with van der Waals surface area (Å²) < 4.78 is 5.55. The number of piperazine rings is 1. The molecule has 178 valence electrons. The molecule has 1 aliphatic rings. The average Bonchev–Trinajstić information content (AvgIpc) is 3.20. The van der Waals surface area contributed by atoms with Gasteiger partial charge in [0.15, 0.2) is 11.6 Å². The highest BCUT2D eigenvalue weighted by Crippen LogP contribution is 2.38. The lowest BCUT2D eigenvalue weighted by Crippen LogP contribution is -2.49. The highest BCUT2D eigenvalue weighted by molar-refractivity contribution is 6.31. The number of aromatic nitrogens is 2. The van der Waals surface area contributed by atoms with Crippen LogP contribution >= 0.6 is 11.6 Å². The number of halogens is 1. The maximum atomic E-state index is 13.1. The molecule has 0 radical (unpaired) electrons. The lowest BCUT2D eigenvalue weighted by Gasteiger charge is -2.35. The third-order valence-electron chi connectivity index (χ3n) is 6.19. The Morgan fingerprint density at radius 1 is 0.971 bits per heavy atom. The van der Waals surface area contributed by atoms with Crippen molar-refractivity contribution in [1.82, 2.24) is 14.9 Å². The molecule has 0 bridgehead atoms. The molecule has 1 fully saturated rings. The Morgan fingerprint density at radius 2 is 1.71 bits per heavy atom. The quantitative estimate of drug-likeness (QED) is 0.405. The van der Waals surface area contributed by atoms with E-state index in [-0.39, 0.29) is 5.91 Å². The summed E-state index contributed by atoms with van der Waals surface area (Å²) in [6.45, 7) is 5.66. The molecule has 5 rings (SSSR count). The van der Waals surface area contributed by atoms with Crippen molar-refractivity contribution < 1.29 is 14.3 Å². The standard InChI is InChI=1S/C27H25ClN4O3/c1-17-15-21(9-10-29-17)19-3-5-20(6-4-19)27(34)32-13-11-31(12-14-32)26-25(35-18(2)33)23-16-22(28)7-8-24(23)30-26/h3-10,15-16,30H,11-14H2,1-2H3. The van der Waals surface area contributed by atoms with Gasteiger partial charge in [0.1, 0.15) is 0 Å². The number of amides is 1. The fraction of sp³-hybridized carbons (Fsp3) is 0.222. The largest absolute Gasteiger partial charge is 0.422 e. The number of rotatable bonds is 4. The van der Waals surface area contributed by atoms with Crippen LogP contribution in [-0.4, -0.2) is 52.9 Å². The van der Waals surface area contributed by atoms with Gasteiger partial charge < -0.3 is 19.5 Å². The number of esters is 1. The third-order valence-corrected chi connectivity index (χ3v) is 6.42. The van der Waals surface area contributed by atoms with E-state index >= 15 is 0 Å². The summed E-state index contributed by atoms with van der Waals surface area (Å²) >= 11 is 6.17. The number of anilines is 1. The van der Waals surface area contributed by atoms with Crippen molar-refractivity contribution in [2.75, 3.05) is 31.1 Å². The van der Waals surface area contributed by atoms with Crippen molar-refractivity contribution in [2.45, 2.75) is 13.8 Å². The van der Waals surface area contributed by atoms with Gasteiger partial charge in [0, 0.05) is 61.0 Å². The molecule has 0 spiro atoms. The van der Waals surface area contributed by atoms with Crippen molar-refractivity contribution in [2.24, 2.45) is 0 Å². The number of carbonyl (C=O) groups excluding carboxylic acids is 2. The van der Waals surface area contributed by atoms with Gasteiger partial charge in [-0.1, -0.05) is 23.7 Å². The fourth-order valence-corrected chi connectivity index (χ4v) is 4.61. The first-order valence-electron chi connectivity index (χ1n) is 11.5. The maximum absolute atomic E-state index is 13.1. The number of aryl methyl sites for hydroxylation is 1. The van der Waals surface area contributed by atoms with Crippen molar-refractivity contribution in [3.8, 4) is 16.9 Å². The molecular formula is C27H25ClN4O3. The van der Waals surface area contributed by atoms with Gasteiger partial charge in [-0.2, -0.15) is 0 Å². The smallest absolute Gasteiger partial charge is 0.308 e. The summed E-state index contributed by atoms with van der Waals surface area (Å²) in [5, 5.41) is 1.32. The molecule has 0 saturated carbocycles. The van der Waals surface area contributed by atoms with Crippen molar-refractivity contribution in [3.05, 3.63) is 77.1 Å². The highest BCUT2D eigenvalue weighted by atomic mass is 35.5. The van der Waals surface area contributed by atoms with E-state index in [2.05, 4.69) is 14.9 Å². The Balaban J connectivity index is 1.30. The molecule has 2 aromatic carbocycles. The van der Waals surface area contributed by atoms with Crippen LogP contribution in [0.3, 0.4) is 0 Å². The zero-order valence-electron chi connectivity index (χ0n) is 19.5. The molecule has 0 aliphatic carbocycles.